The van der Waals surface area contributed by atoms with Crippen molar-refractivity contribution in [2.24, 2.45) is 0 Å². The third-order valence-corrected chi connectivity index (χ3v) is 4.97. The number of Topliss-reactive ketones (excluding diaryl/α,β-unsaturated/α-hetero) is 1. The number of ketones is 1. The molecule has 1 aliphatic carbocycles. The number of hydrogen-bond acceptors (Lipinski definition) is 6. The molecule has 2 aromatic heterocycles. The molecule has 0 saturated heterocycles. The fourth-order valence-corrected chi connectivity index (χ4v) is 3.82. The largest absolute Gasteiger partial charge is 0.368 e. The van der Waals surface area contributed by atoms with Crippen molar-refractivity contribution in [3.05, 3.63) is 64.1 Å². The lowest BCUT2D eigenvalue weighted by Crippen LogP contribution is -2.23. The van der Waals surface area contributed by atoms with Gasteiger partial charge in [0.05, 0.1) is 17.0 Å². The van der Waals surface area contributed by atoms with Gasteiger partial charge in [0.1, 0.15) is 11.5 Å². The van der Waals surface area contributed by atoms with Gasteiger partial charge in [-0.15, -0.1) is 0 Å². The first-order chi connectivity index (χ1) is 12.9. The van der Waals surface area contributed by atoms with Crippen LogP contribution in [0.4, 0.5) is 10.3 Å². The average Bonchev–Trinajstić information content (AvgIpc) is 2.61. The Bertz CT molecular complexity index is 1070. The zero-order valence-electron chi connectivity index (χ0n) is 14.4. The third kappa shape index (κ3) is 3.14. The van der Waals surface area contributed by atoms with Crippen LogP contribution < -0.4 is 5.73 Å². The predicted octanol–water partition coefficient (Wildman–Crippen LogP) is 3.53. The summed E-state index contributed by atoms with van der Waals surface area (Å²) in [4.78, 5) is 29.3. The zero-order chi connectivity index (χ0) is 19.1. The van der Waals surface area contributed by atoms with Gasteiger partial charge in [-0.25, -0.2) is 19.3 Å². The topological polar surface area (TPSA) is 94.7 Å². The number of carbonyl (C=O) groups is 1. The van der Waals surface area contributed by atoms with Crippen LogP contribution in [0.25, 0.3) is 11.3 Å². The molecule has 136 valence electrons. The lowest BCUT2D eigenvalue weighted by molar-refractivity contribution is 0.0962. The second-order valence-corrected chi connectivity index (χ2v) is 6.80. The molecule has 0 spiro atoms. The van der Waals surface area contributed by atoms with Crippen LogP contribution in [-0.2, 0) is 6.42 Å². The highest BCUT2D eigenvalue weighted by Crippen LogP contribution is 2.39. The number of nitrogens with two attached hydrogens (primary N) is 1. The maximum Gasteiger partial charge on any atom is 0.220 e. The quantitative estimate of drug-likeness (QED) is 0.727. The Balaban J connectivity index is 1.83. The molecule has 1 aliphatic rings. The maximum absolute atomic E-state index is 14.0. The zero-order valence-corrected chi connectivity index (χ0v) is 15.2. The number of benzene rings is 1. The van der Waals surface area contributed by atoms with Gasteiger partial charge in [-0.2, -0.15) is 0 Å². The summed E-state index contributed by atoms with van der Waals surface area (Å²) in [7, 11) is 0. The minimum atomic E-state index is -0.416. The van der Waals surface area contributed by atoms with Gasteiger partial charge in [0.15, 0.2) is 10.9 Å². The van der Waals surface area contributed by atoms with E-state index in [9.17, 15) is 9.18 Å². The highest BCUT2D eigenvalue weighted by Gasteiger charge is 2.31. The van der Waals surface area contributed by atoms with Crippen molar-refractivity contribution in [1.29, 1.82) is 0 Å². The SMILES string of the molecule is Cc1nc(N)nc2c1C(=O)CC(c1ccc(F)cc1-c1nccnc1Cl)C2. The number of fused-ring (bicyclic) bond motifs is 1. The lowest BCUT2D eigenvalue weighted by atomic mass is 9.79. The minimum absolute atomic E-state index is 0.0562. The van der Waals surface area contributed by atoms with Gasteiger partial charge in [0.2, 0.25) is 5.95 Å². The normalized spacial score (nSPS) is 16.3. The van der Waals surface area contributed by atoms with Gasteiger partial charge >= 0.3 is 0 Å². The van der Waals surface area contributed by atoms with Crippen molar-refractivity contribution in [1.82, 2.24) is 19.9 Å². The number of anilines is 1. The molecule has 0 amide bonds. The van der Waals surface area contributed by atoms with Gasteiger partial charge in [0.25, 0.3) is 0 Å². The average molecular weight is 384 g/mol. The number of nitrogens with zero attached hydrogens (tertiary/aromatic N) is 4. The lowest BCUT2D eigenvalue weighted by Gasteiger charge is -2.26. The molecule has 3 aromatic rings. The van der Waals surface area contributed by atoms with E-state index in [1.165, 1.54) is 24.5 Å². The van der Waals surface area contributed by atoms with E-state index in [4.69, 9.17) is 17.3 Å². The van der Waals surface area contributed by atoms with Crippen LogP contribution in [0.15, 0.2) is 30.6 Å². The second-order valence-electron chi connectivity index (χ2n) is 6.44. The fraction of sp³-hybridized carbons (Fsp3) is 0.211. The molecular formula is C19H15ClFN5O. The second kappa shape index (κ2) is 6.66. The van der Waals surface area contributed by atoms with E-state index < -0.39 is 5.82 Å². The van der Waals surface area contributed by atoms with Crippen molar-refractivity contribution in [3.63, 3.8) is 0 Å². The summed E-state index contributed by atoms with van der Waals surface area (Å²) < 4.78 is 14.0. The number of halogens is 2. The third-order valence-electron chi connectivity index (χ3n) is 4.70. The van der Waals surface area contributed by atoms with Crippen LogP contribution in [0, 0.1) is 12.7 Å². The summed E-state index contributed by atoms with van der Waals surface area (Å²) in [5.74, 6) is -0.539. The van der Waals surface area contributed by atoms with E-state index in [2.05, 4.69) is 19.9 Å². The summed E-state index contributed by atoms with van der Waals surface area (Å²) >= 11 is 6.17. The van der Waals surface area contributed by atoms with E-state index in [0.29, 0.717) is 34.6 Å². The molecule has 6 nitrogen and oxygen atoms in total. The Labute approximate surface area is 159 Å². The van der Waals surface area contributed by atoms with Crippen LogP contribution in [0.2, 0.25) is 5.15 Å². The van der Waals surface area contributed by atoms with Crippen molar-refractivity contribution < 1.29 is 9.18 Å². The molecule has 0 bridgehead atoms. The summed E-state index contributed by atoms with van der Waals surface area (Å²) in [6.07, 6.45) is 3.71. The first-order valence-corrected chi connectivity index (χ1v) is 8.74. The number of rotatable bonds is 2. The molecule has 4 rings (SSSR count). The summed E-state index contributed by atoms with van der Waals surface area (Å²) in [6.45, 7) is 1.75. The standard InChI is InChI=1S/C19H15ClFN5O/c1-9-16-14(26-19(22)25-9)6-10(7-15(16)27)12-3-2-11(21)8-13(12)17-18(20)24-5-4-23-17/h2-5,8,10H,6-7H2,1H3,(H2,22,25,26). The van der Waals surface area contributed by atoms with Gasteiger partial charge < -0.3 is 5.73 Å². The van der Waals surface area contributed by atoms with Gasteiger partial charge in [-0.3, -0.25) is 9.78 Å². The predicted molar refractivity (Wildman–Crippen MR) is 99.0 cm³/mol. The van der Waals surface area contributed by atoms with Gasteiger partial charge in [-0.1, -0.05) is 17.7 Å². The summed E-state index contributed by atoms with van der Waals surface area (Å²) in [5.41, 5.74) is 9.15. The molecule has 0 fully saturated rings. The number of carbonyl (C=O) groups excluding carboxylic acids is 1. The molecule has 1 aromatic carbocycles. The van der Waals surface area contributed by atoms with Crippen molar-refractivity contribution >= 4 is 23.3 Å². The van der Waals surface area contributed by atoms with Crippen LogP contribution in [0.1, 0.15) is 39.6 Å². The Morgan fingerprint density at radius 1 is 1.19 bits per heavy atom. The highest BCUT2D eigenvalue weighted by molar-refractivity contribution is 6.31. The molecular weight excluding hydrogens is 369 g/mol. The Hall–Kier alpha value is -2.93. The molecule has 2 heterocycles. The maximum atomic E-state index is 14.0. The molecule has 27 heavy (non-hydrogen) atoms. The number of aryl methyl sites for hydroxylation is 1. The summed E-state index contributed by atoms with van der Waals surface area (Å²) in [6, 6.07) is 4.39. The van der Waals surface area contributed by atoms with Crippen LogP contribution in [0.5, 0.6) is 0 Å². The molecule has 2 N–H and O–H groups in total. The van der Waals surface area contributed by atoms with Crippen LogP contribution in [-0.4, -0.2) is 25.7 Å². The van der Waals surface area contributed by atoms with Crippen molar-refractivity contribution in [2.45, 2.75) is 25.7 Å². The van der Waals surface area contributed by atoms with E-state index >= 15 is 0 Å². The highest BCUT2D eigenvalue weighted by atomic mass is 35.5. The number of aromatic nitrogens is 4. The number of nitrogen functional groups attached to an aromatic ring is 1. The van der Waals surface area contributed by atoms with Crippen molar-refractivity contribution in [2.75, 3.05) is 5.73 Å². The van der Waals surface area contributed by atoms with Gasteiger partial charge in [0, 0.05) is 24.4 Å². The monoisotopic (exact) mass is 383 g/mol. The molecule has 0 saturated carbocycles. The molecule has 8 heteroatoms. The first kappa shape index (κ1) is 17.5. The van der Waals surface area contributed by atoms with Gasteiger partial charge in [-0.05, 0) is 37.0 Å². The first-order valence-electron chi connectivity index (χ1n) is 8.36. The Morgan fingerprint density at radius 2 is 1.96 bits per heavy atom. The molecule has 1 unspecified atom stereocenters. The smallest absolute Gasteiger partial charge is 0.220 e. The van der Waals surface area contributed by atoms with E-state index in [1.807, 2.05) is 0 Å². The Morgan fingerprint density at radius 3 is 2.74 bits per heavy atom. The Kier molecular flexibility index (Phi) is 4.31. The number of hydrogen-bond donors (Lipinski definition) is 1. The molecule has 1 atom stereocenters. The van der Waals surface area contributed by atoms with Crippen LogP contribution in [0.3, 0.4) is 0 Å². The summed E-state index contributed by atoms with van der Waals surface area (Å²) in [5, 5.41) is 0.175. The van der Waals surface area contributed by atoms with E-state index in [0.717, 1.165) is 5.56 Å². The van der Waals surface area contributed by atoms with E-state index in [-0.39, 0.29) is 29.2 Å². The van der Waals surface area contributed by atoms with Crippen molar-refractivity contribution in [3.8, 4) is 11.3 Å². The fourth-order valence-electron chi connectivity index (χ4n) is 3.61. The van der Waals surface area contributed by atoms with E-state index in [1.54, 1.807) is 13.0 Å². The minimum Gasteiger partial charge on any atom is -0.368 e. The molecule has 0 aliphatic heterocycles. The van der Waals surface area contributed by atoms with Crippen LogP contribution >= 0.6 is 11.6 Å². The molecule has 0 radical (unpaired) electrons.